The van der Waals surface area contributed by atoms with Crippen LogP contribution in [0.1, 0.15) is 144 Å². The molecule has 0 radical (unpaired) electrons. The standard InChI is InChI=1S/C19H34.C15H28/c1-3-4-11-17-14(2)13-16-10-7-12-18(16)19(17)15-8-5-6-9-15;1-10-5-7-14(8-6-10)15-12(3)9-11(2)13(15)4/h14-19H,3-13H2,1-2H3;10-15H,5-9H2,1-4H3. The monoisotopic (exact) mass is 470 g/mol. The molecule has 0 aromatic carbocycles. The second kappa shape index (κ2) is 12.5. The Morgan fingerprint density at radius 1 is 0.559 bits per heavy atom. The van der Waals surface area contributed by atoms with Crippen molar-refractivity contribution in [2.75, 3.05) is 0 Å². The van der Waals surface area contributed by atoms with E-state index in [0.29, 0.717) is 0 Å². The molecule has 9 atom stereocenters. The summed E-state index contributed by atoms with van der Waals surface area (Å²) in [4.78, 5) is 0. The van der Waals surface area contributed by atoms with Crippen molar-refractivity contribution in [2.45, 2.75) is 144 Å². The highest BCUT2D eigenvalue weighted by atomic mass is 14.5. The quantitative estimate of drug-likeness (QED) is 0.375. The van der Waals surface area contributed by atoms with Crippen LogP contribution in [0.2, 0.25) is 0 Å². The topological polar surface area (TPSA) is 0 Å². The summed E-state index contributed by atoms with van der Waals surface area (Å²) < 4.78 is 0. The Bertz CT molecular complexity index is 579. The summed E-state index contributed by atoms with van der Waals surface area (Å²) in [5, 5.41) is 0. The van der Waals surface area contributed by atoms with Crippen LogP contribution in [0.15, 0.2) is 0 Å². The minimum absolute atomic E-state index is 0.976. The molecule has 9 unspecified atom stereocenters. The zero-order valence-electron chi connectivity index (χ0n) is 24.2. The molecule has 5 rings (SSSR count). The van der Waals surface area contributed by atoms with Crippen molar-refractivity contribution in [2.24, 2.45) is 71.0 Å². The van der Waals surface area contributed by atoms with E-state index in [4.69, 9.17) is 0 Å². The molecule has 198 valence electrons. The minimum Gasteiger partial charge on any atom is -0.0654 e. The largest absolute Gasteiger partial charge is 0.0654 e. The summed E-state index contributed by atoms with van der Waals surface area (Å²) in [6.07, 6.45) is 24.4. The fourth-order valence-corrected chi connectivity index (χ4v) is 10.6. The van der Waals surface area contributed by atoms with Crippen molar-refractivity contribution in [1.82, 2.24) is 0 Å². The molecule has 0 bridgehead atoms. The molecular formula is C34H62. The van der Waals surface area contributed by atoms with Crippen molar-refractivity contribution in [3.8, 4) is 0 Å². The average Bonchev–Trinajstić information content (AvgIpc) is 3.55. The number of hydrogen-bond acceptors (Lipinski definition) is 0. The summed E-state index contributed by atoms with van der Waals surface area (Å²) in [5.74, 6) is 12.7. The molecule has 0 aromatic heterocycles. The molecule has 0 nitrogen and oxygen atoms in total. The molecule has 34 heavy (non-hydrogen) atoms. The highest BCUT2D eigenvalue weighted by Crippen LogP contribution is 2.56. The van der Waals surface area contributed by atoms with Gasteiger partial charge in [-0.1, -0.05) is 106 Å². The number of unbranched alkanes of at least 4 members (excludes halogenated alkanes) is 1. The van der Waals surface area contributed by atoms with Crippen LogP contribution in [-0.2, 0) is 0 Å². The second-order valence-electron chi connectivity index (χ2n) is 14.6. The van der Waals surface area contributed by atoms with Gasteiger partial charge in [0.25, 0.3) is 0 Å². The zero-order valence-corrected chi connectivity index (χ0v) is 24.2. The van der Waals surface area contributed by atoms with Gasteiger partial charge in [-0.25, -0.2) is 0 Å². The Kier molecular flexibility index (Phi) is 9.94. The van der Waals surface area contributed by atoms with E-state index >= 15 is 0 Å². The van der Waals surface area contributed by atoms with Gasteiger partial charge in [0.2, 0.25) is 0 Å². The molecule has 5 fully saturated rings. The van der Waals surface area contributed by atoms with Gasteiger partial charge in [0.15, 0.2) is 0 Å². The third-order valence-electron chi connectivity index (χ3n) is 12.5. The maximum absolute atomic E-state index is 2.59. The predicted octanol–water partition coefficient (Wildman–Crippen LogP) is 10.8. The van der Waals surface area contributed by atoms with Crippen molar-refractivity contribution < 1.29 is 0 Å². The van der Waals surface area contributed by atoms with Crippen LogP contribution >= 0.6 is 0 Å². The van der Waals surface area contributed by atoms with Gasteiger partial charge in [0.1, 0.15) is 0 Å². The van der Waals surface area contributed by atoms with Crippen molar-refractivity contribution in [3.05, 3.63) is 0 Å². The second-order valence-corrected chi connectivity index (χ2v) is 14.6. The smallest absolute Gasteiger partial charge is 0.0324 e. The first-order chi connectivity index (χ1) is 16.4. The lowest BCUT2D eigenvalue weighted by molar-refractivity contribution is 0.0160. The maximum atomic E-state index is 2.59. The van der Waals surface area contributed by atoms with E-state index in [1.54, 1.807) is 44.9 Å². The summed E-state index contributed by atoms with van der Waals surface area (Å²) in [5.41, 5.74) is 0. The van der Waals surface area contributed by atoms with Gasteiger partial charge in [-0.05, 0) is 110 Å². The maximum Gasteiger partial charge on any atom is -0.0324 e. The molecule has 0 amide bonds. The fourth-order valence-electron chi connectivity index (χ4n) is 10.6. The van der Waals surface area contributed by atoms with Gasteiger partial charge in [-0.3, -0.25) is 0 Å². The van der Waals surface area contributed by atoms with Gasteiger partial charge in [0, 0.05) is 0 Å². The molecule has 0 saturated heterocycles. The third-order valence-corrected chi connectivity index (χ3v) is 12.5. The van der Waals surface area contributed by atoms with Crippen LogP contribution in [0.25, 0.3) is 0 Å². The lowest BCUT2D eigenvalue weighted by Gasteiger charge is -2.47. The van der Waals surface area contributed by atoms with E-state index in [9.17, 15) is 0 Å². The van der Waals surface area contributed by atoms with Crippen LogP contribution in [0, 0.1) is 71.0 Å². The van der Waals surface area contributed by atoms with E-state index in [-0.39, 0.29) is 0 Å². The first-order valence-electron chi connectivity index (χ1n) is 16.4. The van der Waals surface area contributed by atoms with Crippen molar-refractivity contribution in [1.29, 1.82) is 0 Å². The van der Waals surface area contributed by atoms with Gasteiger partial charge in [0.05, 0.1) is 0 Å². The first kappa shape index (κ1) is 27.0. The van der Waals surface area contributed by atoms with E-state index in [1.807, 2.05) is 0 Å². The Labute approximate surface area is 215 Å². The van der Waals surface area contributed by atoms with Gasteiger partial charge in [-0.2, -0.15) is 0 Å². The zero-order chi connectivity index (χ0) is 24.2. The normalized spacial score (nSPS) is 47.3. The summed E-state index contributed by atoms with van der Waals surface area (Å²) in [6, 6.07) is 0. The van der Waals surface area contributed by atoms with Gasteiger partial charge < -0.3 is 0 Å². The van der Waals surface area contributed by atoms with E-state index < -0.39 is 0 Å². The molecule has 5 saturated carbocycles. The molecule has 0 aliphatic heterocycles. The van der Waals surface area contributed by atoms with Crippen LogP contribution in [0.3, 0.4) is 0 Å². The van der Waals surface area contributed by atoms with E-state index in [1.165, 1.54) is 57.8 Å². The summed E-state index contributed by atoms with van der Waals surface area (Å²) in [7, 11) is 0. The predicted molar refractivity (Wildman–Crippen MR) is 150 cm³/mol. The van der Waals surface area contributed by atoms with Crippen LogP contribution in [0.4, 0.5) is 0 Å². The molecular weight excluding hydrogens is 408 g/mol. The Morgan fingerprint density at radius 3 is 1.82 bits per heavy atom. The minimum atomic E-state index is 0.976. The molecule has 5 aliphatic rings. The Morgan fingerprint density at radius 2 is 1.21 bits per heavy atom. The van der Waals surface area contributed by atoms with Crippen molar-refractivity contribution in [3.63, 3.8) is 0 Å². The van der Waals surface area contributed by atoms with Crippen LogP contribution in [0.5, 0.6) is 0 Å². The first-order valence-corrected chi connectivity index (χ1v) is 16.4. The molecule has 0 N–H and O–H groups in total. The fraction of sp³-hybridized carbons (Fsp3) is 1.00. The summed E-state index contributed by atoms with van der Waals surface area (Å²) in [6.45, 7) is 14.9. The molecule has 0 heteroatoms. The van der Waals surface area contributed by atoms with Crippen molar-refractivity contribution >= 4 is 0 Å². The van der Waals surface area contributed by atoms with E-state index in [2.05, 4.69) is 41.5 Å². The van der Waals surface area contributed by atoms with Gasteiger partial charge in [-0.15, -0.1) is 0 Å². The third kappa shape index (κ3) is 6.10. The lowest BCUT2D eigenvalue weighted by Crippen LogP contribution is -2.40. The lowest BCUT2D eigenvalue weighted by atomic mass is 9.58. The number of rotatable bonds is 5. The molecule has 0 heterocycles. The molecule has 0 spiro atoms. The molecule has 5 aliphatic carbocycles. The Balaban J connectivity index is 0.000000166. The summed E-state index contributed by atoms with van der Waals surface area (Å²) >= 11 is 0. The van der Waals surface area contributed by atoms with Crippen LogP contribution in [-0.4, -0.2) is 0 Å². The highest BCUT2D eigenvalue weighted by molar-refractivity contribution is 4.97. The number of hydrogen-bond donors (Lipinski definition) is 0. The van der Waals surface area contributed by atoms with Crippen LogP contribution < -0.4 is 0 Å². The molecule has 0 aromatic rings. The highest BCUT2D eigenvalue weighted by Gasteiger charge is 2.47. The SMILES string of the molecule is CC1CCC(C2C(C)CC(C)C2C)CC1.CCCCC1C(C)CC2CCCC2C1C1CCCC1. The Hall–Kier alpha value is 0. The number of fused-ring (bicyclic) bond motifs is 1. The average molecular weight is 471 g/mol. The van der Waals surface area contributed by atoms with Gasteiger partial charge >= 0.3 is 0 Å². The van der Waals surface area contributed by atoms with E-state index in [0.717, 1.165) is 71.0 Å².